The molecule has 0 N–H and O–H groups in total. The van der Waals surface area contributed by atoms with Gasteiger partial charge in [0.15, 0.2) is 0 Å². The normalized spacial score (nSPS) is 19.8. The fourth-order valence-corrected chi connectivity index (χ4v) is 2.59. The molecule has 4 nitrogen and oxygen atoms in total. The Morgan fingerprint density at radius 3 is 2.25 bits per heavy atom. The van der Waals surface area contributed by atoms with E-state index in [1.807, 2.05) is 20.8 Å². The summed E-state index contributed by atoms with van der Waals surface area (Å²) in [6.07, 6.45) is 4.68. The smallest absolute Gasteiger partial charge is 0.233 e. The van der Waals surface area contributed by atoms with Crippen molar-refractivity contribution in [3.8, 4) is 0 Å². The highest BCUT2D eigenvalue weighted by Crippen LogP contribution is 2.35. The zero-order valence-electron chi connectivity index (χ0n) is 13.2. The van der Waals surface area contributed by atoms with E-state index in [0.717, 1.165) is 25.7 Å². The summed E-state index contributed by atoms with van der Waals surface area (Å²) in [6, 6.07) is 0. The molecule has 0 aromatic heterocycles. The fourth-order valence-electron chi connectivity index (χ4n) is 2.59. The Kier molecular flexibility index (Phi) is 5.90. The second-order valence-corrected chi connectivity index (χ2v) is 6.87. The maximum Gasteiger partial charge on any atom is 0.233 e. The van der Waals surface area contributed by atoms with E-state index in [9.17, 15) is 14.4 Å². The molecule has 0 aromatic carbocycles. The van der Waals surface area contributed by atoms with Gasteiger partial charge in [0.1, 0.15) is 5.78 Å². The van der Waals surface area contributed by atoms with Gasteiger partial charge in [-0.05, 0) is 25.2 Å². The lowest BCUT2D eigenvalue weighted by Gasteiger charge is -2.24. The van der Waals surface area contributed by atoms with Crippen molar-refractivity contribution in [3.63, 3.8) is 0 Å². The fraction of sp³-hybridized carbons (Fsp3) is 0.812. The molecule has 20 heavy (non-hydrogen) atoms. The van der Waals surface area contributed by atoms with Gasteiger partial charge in [0, 0.05) is 19.4 Å². The standard InChI is InChI=1S/C16H27NO3/c1-12(18)9-7-5-6-8-10-17-14(19)11-13(15(17)20)16(2,3)4/h13H,5-11H2,1-4H3. The molecule has 0 spiro atoms. The van der Waals surface area contributed by atoms with Gasteiger partial charge in [0.25, 0.3) is 0 Å². The molecule has 1 aliphatic heterocycles. The Bertz CT molecular complexity index is 382. The highest BCUT2D eigenvalue weighted by Gasteiger charge is 2.44. The maximum atomic E-state index is 12.2. The van der Waals surface area contributed by atoms with Crippen LogP contribution >= 0.6 is 0 Å². The number of carbonyl (C=O) groups is 3. The van der Waals surface area contributed by atoms with Gasteiger partial charge >= 0.3 is 0 Å². The first kappa shape index (κ1) is 16.9. The second kappa shape index (κ2) is 7.00. The van der Waals surface area contributed by atoms with Crippen LogP contribution in [-0.4, -0.2) is 29.0 Å². The summed E-state index contributed by atoms with van der Waals surface area (Å²) < 4.78 is 0. The van der Waals surface area contributed by atoms with Crippen molar-refractivity contribution < 1.29 is 14.4 Å². The van der Waals surface area contributed by atoms with Crippen LogP contribution in [0.4, 0.5) is 0 Å². The van der Waals surface area contributed by atoms with Crippen molar-refractivity contribution in [2.45, 2.75) is 66.2 Å². The van der Waals surface area contributed by atoms with Crippen LogP contribution in [0.3, 0.4) is 0 Å². The molecule has 0 bridgehead atoms. The van der Waals surface area contributed by atoms with Gasteiger partial charge in [-0.25, -0.2) is 0 Å². The van der Waals surface area contributed by atoms with Crippen molar-refractivity contribution in [1.82, 2.24) is 4.90 Å². The zero-order chi connectivity index (χ0) is 15.3. The number of ketones is 1. The van der Waals surface area contributed by atoms with E-state index in [1.54, 1.807) is 6.92 Å². The quantitative estimate of drug-likeness (QED) is 0.532. The Morgan fingerprint density at radius 1 is 1.15 bits per heavy atom. The number of imide groups is 1. The maximum absolute atomic E-state index is 12.2. The summed E-state index contributed by atoms with van der Waals surface area (Å²) in [5.74, 6) is 0.0144. The molecule has 2 amide bonds. The largest absolute Gasteiger partial charge is 0.300 e. The van der Waals surface area contributed by atoms with E-state index in [0.29, 0.717) is 19.4 Å². The number of nitrogens with zero attached hydrogens (tertiary/aromatic N) is 1. The van der Waals surface area contributed by atoms with Crippen LogP contribution in [0.5, 0.6) is 0 Å². The average Bonchev–Trinajstić information content (AvgIpc) is 2.60. The summed E-state index contributed by atoms with van der Waals surface area (Å²) in [5.41, 5.74) is -0.150. The molecule has 1 fully saturated rings. The Balaban J connectivity index is 2.32. The third kappa shape index (κ3) is 4.73. The molecule has 1 rings (SSSR count). The molecule has 4 heteroatoms. The molecule has 0 saturated carbocycles. The number of carbonyl (C=O) groups excluding carboxylic acids is 3. The third-order valence-electron chi connectivity index (χ3n) is 3.95. The molecular weight excluding hydrogens is 254 g/mol. The molecule has 1 saturated heterocycles. The van der Waals surface area contributed by atoms with E-state index in [1.165, 1.54) is 4.90 Å². The predicted molar refractivity (Wildman–Crippen MR) is 78.0 cm³/mol. The molecular formula is C16H27NO3. The summed E-state index contributed by atoms with van der Waals surface area (Å²) in [5, 5.41) is 0. The van der Waals surface area contributed by atoms with Crippen LogP contribution in [0.25, 0.3) is 0 Å². The molecule has 0 radical (unpaired) electrons. The lowest BCUT2D eigenvalue weighted by atomic mass is 9.80. The van der Waals surface area contributed by atoms with Gasteiger partial charge in [0.2, 0.25) is 11.8 Å². The van der Waals surface area contributed by atoms with Crippen LogP contribution in [0, 0.1) is 11.3 Å². The van der Waals surface area contributed by atoms with Gasteiger partial charge in [-0.1, -0.05) is 33.6 Å². The summed E-state index contributed by atoms with van der Waals surface area (Å²) >= 11 is 0. The number of hydrogen-bond acceptors (Lipinski definition) is 3. The molecule has 1 heterocycles. The lowest BCUT2D eigenvalue weighted by molar-refractivity contribution is -0.140. The molecule has 114 valence electrons. The van der Waals surface area contributed by atoms with Crippen LogP contribution in [0.15, 0.2) is 0 Å². The zero-order valence-corrected chi connectivity index (χ0v) is 13.2. The third-order valence-corrected chi connectivity index (χ3v) is 3.95. The van der Waals surface area contributed by atoms with Crippen molar-refractivity contribution in [1.29, 1.82) is 0 Å². The molecule has 1 unspecified atom stereocenters. The van der Waals surface area contributed by atoms with Crippen LogP contribution in [0.2, 0.25) is 0 Å². The van der Waals surface area contributed by atoms with Gasteiger partial charge in [0.05, 0.1) is 5.92 Å². The molecule has 0 aromatic rings. The van der Waals surface area contributed by atoms with Gasteiger partial charge in [-0.3, -0.25) is 14.5 Å². The molecule has 1 atom stereocenters. The topological polar surface area (TPSA) is 54.5 Å². The minimum absolute atomic E-state index is 0.00811. The van der Waals surface area contributed by atoms with Gasteiger partial charge < -0.3 is 4.79 Å². The summed E-state index contributed by atoms with van der Waals surface area (Å²) in [6.45, 7) is 8.16. The minimum atomic E-state index is -0.173. The first-order valence-electron chi connectivity index (χ1n) is 7.57. The molecule has 0 aliphatic carbocycles. The van der Waals surface area contributed by atoms with Crippen molar-refractivity contribution in [3.05, 3.63) is 0 Å². The summed E-state index contributed by atoms with van der Waals surface area (Å²) in [7, 11) is 0. The Hall–Kier alpha value is -1.19. The SMILES string of the molecule is CC(=O)CCCCCCN1C(=O)CC(C(C)(C)C)C1=O. The van der Waals surface area contributed by atoms with Crippen molar-refractivity contribution >= 4 is 17.6 Å². The first-order valence-corrected chi connectivity index (χ1v) is 7.57. The first-order chi connectivity index (χ1) is 9.23. The average molecular weight is 281 g/mol. The van der Waals surface area contributed by atoms with E-state index in [-0.39, 0.29) is 28.9 Å². The number of unbranched alkanes of at least 4 members (excludes halogenated alkanes) is 3. The number of hydrogen-bond donors (Lipinski definition) is 0. The summed E-state index contributed by atoms with van der Waals surface area (Å²) in [4.78, 5) is 36.4. The van der Waals surface area contributed by atoms with E-state index >= 15 is 0 Å². The predicted octanol–water partition coefficient (Wildman–Crippen LogP) is 2.95. The monoisotopic (exact) mass is 281 g/mol. The number of amides is 2. The Labute approximate surface area is 121 Å². The van der Waals surface area contributed by atoms with Crippen molar-refractivity contribution in [2.75, 3.05) is 6.54 Å². The van der Waals surface area contributed by atoms with E-state index < -0.39 is 0 Å². The number of rotatable bonds is 7. The number of likely N-dealkylation sites (tertiary alicyclic amines) is 1. The lowest BCUT2D eigenvalue weighted by Crippen LogP contribution is -2.34. The minimum Gasteiger partial charge on any atom is -0.300 e. The van der Waals surface area contributed by atoms with Crippen LogP contribution in [0.1, 0.15) is 66.2 Å². The molecule has 1 aliphatic rings. The number of Topliss-reactive ketones (excluding diaryl/α,β-unsaturated/α-hetero) is 1. The van der Waals surface area contributed by atoms with E-state index in [4.69, 9.17) is 0 Å². The highest BCUT2D eigenvalue weighted by molar-refractivity contribution is 6.03. The Morgan fingerprint density at radius 2 is 1.75 bits per heavy atom. The van der Waals surface area contributed by atoms with Crippen molar-refractivity contribution in [2.24, 2.45) is 11.3 Å². The van der Waals surface area contributed by atoms with E-state index in [2.05, 4.69) is 0 Å². The van der Waals surface area contributed by atoms with Gasteiger partial charge in [-0.2, -0.15) is 0 Å². The van der Waals surface area contributed by atoms with Gasteiger partial charge in [-0.15, -0.1) is 0 Å². The van der Waals surface area contributed by atoms with Crippen LogP contribution in [-0.2, 0) is 14.4 Å². The second-order valence-electron chi connectivity index (χ2n) is 6.87. The highest BCUT2D eigenvalue weighted by atomic mass is 16.2. The van der Waals surface area contributed by atoms with Crippen LogP contribution < -0.4 is 0 Å².